The van der Waals surface area contributed by atoms with Crippen LogP contribution in [0, 0.1) is 5.92 Å². The number of nitrogens with zero attached hydrogens (tertiary/aromatic N) is 1. The number of hydrogen-bond acceptors (Lipinski definition) is 3. The Labute approximate surface area is 118 Å². The molecule has 0 spiro atoms. The first-order valence-electron chi connectivity index (χ1n) is 7.84. The largest absolute Gasteiger partial charge is 0.355 e. The van der Waals surface area contributed by atoms with Gasteiger partial charge in [-0.1, -0.05) is 20.8 Å². The highest BCUT2D eigenvalue weighted by atomic mass is 16.1. The second-order valence-electron chi connectivity index (χ2n) is 6.03. The molecule has 1 saturated heterocycles. The Morgan fingerprint density at radius 2 is 2.00 bits per heavy atom. The smallest absolute Gasteiger partial charge is 0.233 e. The van der Waals surface area contributed by atoms with Gasteiger partial charge in [-0.15, -0.1) is 0 Å². The third kappa shape index (κ3) is 7.53. The van der Waals surface area contributed by atoms with Crippen molar-refractivity contribution in [2.45, 2.75) is 52.5 Å². The summed E-state index contributed by atoms with van der Waals surface area (Å²) in [5.74, 6) is 0.785. The number of carbonyl (C=O) groups excluding carboxylic acids is 1. The fourth-order valence-electron chi connectivity index (χ4n) is 2.48. The fourth-order valence-corrected chi connectivity index (χ4v) is 2.48. The maximum Gasteiger partial charge on any atom is 0.233 e. The van der Waals surface area contributed by atoms with E-state index in [2.05, 4.69) is 36.3 Å². The van der Waals surface area contributed by atoms with Crippen LogP contribution in [0.15, 0.2) is 0 Å². The van der Waals surface area contributed by atoms with Crippen molar-refractivity contribution in [3.8, 4) is 0 Å². The third-order valence-corrected chi connectivity index (χ3v) is 3.72. The van der Waals surface area contributed by atoms with Crippen LogP contribution in [0.1, 0.15) is 46.5 Å². The summed E-state index contributed by atoms with van der Waals surface area (Å²) in [4.78, 5) is 14.2. The number of hydrogen-bond donors (Lipinski definition) is 2. The van der Waals surface area contributed by atoms with Gasteiger partial charge in [0.05, 0.1) is 6.54 Å². The van der Waals surface area contributed by atoms with E-state index >= 15 is 0 Å². The van der Waals surface area contributed by atoms with E-state index in [1.54, 1.807) is 0 Å². The van der Waals surface area contributed by atoms with Gasteiger partial charge < -0.3 is 15.5 Å². The second kappa shape index (κ2) is 9.32. The standard InChI is InChI=1S/C15H31N3O/c1-4-9-18-10-6-14(7-11-18)17-12-15(19)16-8-5-13(2)3/h13-14,17H,4-12H2,1-3H3,(H,16,19). The average Bonchev–Trinajstić information content (AvgIpc) is 2.38. The SMILES string of the molecule is CCCN1CCC(NCC(=O)NCCC(C)C)CC1. The molecule has 1 fully saturated rings. The average molecular weight is 269 g/mol. The molecule has 0 radical (unpaired) electrons. The summed E-state index contributed by atoms with van der Waals surface area (Å²) in [6, 6.07) is 0.518. The van der Waals surface area contributed by atoms with E-state index in [1.807, 2.05) is 0 Å². The van der Waals surface area contributed by atoms with Gasteiger partial charge in [0.25, 0.3) is 0 Å². The van der Waals surface area contributed by atoms with Crippen molar-refractivity contribution >= 4 is 5.91 Å². The topological polar surface area (TPSA) is 44.4 Å². The van der Waals surface area contributed by atoms with Crippen molar-refractivity contribution in [3.05, 3.63) is 0 Å². The van der Waals surface area contributed by atoms with Gasteiger partial charge in [0.15, 0.2) is 0 Å². The number of carbonyl (C=O) groups is 1. The van der Waals surface area contributed by atoms with Crippen molar-refractivity contribution in [1.29, 1.82) is 0 Å². The molecule has 1 heterocycles. The zero-order chi connectivity index (χ0) is 14.1. The summed E-state index contributed by atoms with van der Waals surface area (Å²) in [5, 5.41) is 6.35. The van der Waals surface area contributed by atoms with Gasteiger partial charge in [-0.05, 0) is 51.2 Å². The Balaban J connectivity index is 2.05. The highest BCUT2D eigenvalue weighted by Crippen LogP contribution is 2.10. The molecule has 0 aromatic carbocycles. The van der Waals surface area contributed by atoms with Crippen LogP contribution in [0.3, 0.4) is 0 Å². The lowest BCUT2D eigenvalue weighted by Gasteiger charge is -2.32. The van der Waals surface area contributed by atoms with E-state index in [1.165, 1.54) is 38.9 Å². The lowest BCUT2D eigenvalue weighted by Crippen LogP contribution is -2.46. The quantitative estimate of drug-likeness (QED) is 0.704. The first-order chi connectivity index (χ1) is 9.11. The van der Waals surface area contributed by atoms with Crippen molar-refractivity contribution < 1.29 is 4.79 Å². The predicted molar refractivity (Wildman–Crippen MR) is 80.2 cm³/mol. The number of amides is 1. The lowest BCUT2D eigenvalue weighted by molar-refractivity contribution is -0.120. The van der Waals surface area contributed by atoms with Crippen molar-refractivity contribution in [1.82, 2.24) is 15.5 Å². The Kier molecular flexibility index (Phi) is 8.07. The molecule has 0 aromatic rings. The van der Waals surface area contributed by atoms with E-state index in [0.29, 0.717) is 18.5 Å². The molecule has 0 bridgehead atoms. The third-order valence-electron chi connectivity index (χ3n) is 3.72. The molecular formula is C15H31N3O. The molecule has 1 aliphatic rings. The molecule has 19 heavy (non-hydrogen) atoms. The fraction of sp³-hybridized carbons (Fsp3) is 0.933. The predicted octanol–water partition coefficient (Wildman–Crippen LogP) is 1.61. The Morgan fingerprint density at radius 1 is 1.32 bits per heavy atom. The van der Waals surface area contributed by atoms with E-state index < -0.39 is 0 Å². The molecular weight excluding hydrogens is 238 g/mol. The maximum absolute atomic E-state index is 11.6. The molecule has 1 rings (SSSR count). The molecule has 0 unspecified atom stereocenters. The molecule has 4 nitrogen and oxygen atoms in total. The zero-order valence-corrected chi connectivity index (χ0v) is 12.9. The Morgan fingerprint density at radius 3 is 2.58 bits per heavy atom. The Hall–Kier alpha value is -0.610. The van der Waals surface area contributed by atoms with Gasteiger partial charge in [0, 0.05) is 12.6 Å². The van der Waals surface area contributed by atoms with Crippen LogP contribution < -0.4 is 10.6 Å². The molecule has 0 saturated carbocycles. The molecule has 2 N–H and O–H groups in total. The van der Waals surface area contributed by atoms with Gasteiger partial charge in [-0.25, -0.2) is 0 Å². The van der Waals surface area contributed by atoms with E-state index in [9.17, 15) is 4.79 Å². The van der Waals surface area contributed by atoms with E-state index in [0.717, 1.165) is 13.0 Å². The van der Waals surface area contributed by atoms with Crippen molar-refractivity contribution in [2.75, 3.05) is 32.7 Å². The van der Waals surface area contributed by atoms with Gasteiger partial charge in [0.1, 0.15) is 0 Å². The minimum Gasteiger partial charge on any atom is -0.355 e. The number of piperidine rings is 1. The first-order valence-corrected chi connectivity index (χ1v) is 7.84. The molecule has 1 amide bonds. The van der Waals surface area contributed by atoms with Gasteiger partial charge in [0.2, 0.25) is 5.91 Å². The Bertz CT molecular complexity index is 248. The molecule has 0 aliphatic carbocycles. The van der Waals surface area contributed by atoms with Gasteiger partial charge >= 0.3 is 0 Å². The van der Waals surface area contributed by atoms with Crippen LogP contribution in [0.25, 0.3) is 0 Å². The highest BCUT2D eigenvalue weighted by Gasteiger charge is 2.18. The highest BCUT2D eigenvalue weighted by molar-refractivity contribution is 5.77. The summed E-state index contributed by atoms with van der Waals surface area (Å²) in [5.41, 5.74) is 0. The summed E-state index contributed by atoms with van der Waals surface area (Å²) < 4.78 is 0. The zero-order valence-electron chi connectivity index (χ0n) is 12.9. The minimum atomic E-state index is 0.136. The van der Waals surface area contributed by atoms with Crippen molar-refractivity contribution in [2.24, 2.45) is 5.92 Å². The molecule has 0 aromatic heterocycles. The molecule has 4 heteroatoms. The normalized spacial score (nSPS) is 17.9. The summed E-state index contributed by atoms with van der Waals surface area (Å²) in [7, 11) is 0. The summed E-state index contributed by atoms with van der Waals surface area (Å²) in [6.07, 6.45) is 4.62. The minimum absolute atomic E-state index is 0.136. The van der Waals surface area contributed by atoms with Crippen LogP contribution >= 0.6 is 0 Å². The van der Waals surface area contributed by atoms with Crippen LogP contribution in [-0.4, -0.2) is 49.6 Å². The lowest BCUT2D eigenvalue weighted by atomic mass is 10.0. The number of nitrogens with one attached hydrogen (secondary N) is 2. The maximum atomic E-state index is 11.6. The first kappa shape index (κ1) is 16.4. The molecule has 1 aliphatic heterocycles. The van der Waals surface area contributed by atoms with Crippen LogP contribution in [0.2, 0.25) is 0 Å². The summed E-state index contributed by atoms with van der Waals surface area (Å²) in [6.45, 7) is 11.4. The van der Waals surface area contributed by atoms with Gasteiger partial charge in [-0.3, -0.25) is 4.79 Å². The van der Waals surface area contributed by atoms with Crippen LogP contribution in [-0.2, 0) is 4.79 Å². The monoisotopic (exact) mass is 269 g/mol. The van der Waals surface area contributed by atoms with Crippen LogP contribution in [0.4, 0.5) is 0 Å². The van der Waals surface area contributed by atoms with Crippen molar-refractivity contribution in [3.63, 3.8) is 0 Å². The van der Waals surface area contributed by atoms with E-state index in [-0.39, 0.29) is 5.91 Å². The number of rotatable bonds is 8. The molecule has 112 valence electrons. The van der Waals surface area contributed by atoms with Gasteiger partial charge in [-0.2, -0.15) is 0 Å². The molecule has 0 atom stereocenters. The van der Waals surface area contributed by atoms with E-state index in [4.69, 9.17) is 0 Å². The second-order valence-corrected chi connectivity index (χ2v) is 6.03. The van der Waals surface area contributed by atoms with Crippen LogP contribution in [0.5, 0.6) is 0 Å². The number of likely N-dealkylation sites (tertiary alicyclic amines) is 1. The summed E-state index contributed by atoms with van der Waals surface area (Å²) >= 11 is 0.